The molecule has 2 rings (SSSR count). The summed E-state index contributed by atoms with van der Waals surface area (Å²) >= 11 is 0. The van der Waals surface area contributed by atoms with Crippen LogP contribution in [-0.2, 0) is 11.2 Å². The van der Waals surface area contributed by atoms with Crippen LogP contribution < -0.4 is 0 Å². The van der Waals surface area contributed by atoms with Crippen LogP contribution in [0.15, 0.2) is 40.8 Å². The summed E-state index contributed by atoms with van der Waals surface area (Å²) in [5.41, 5.74) is 2.23. The number of aliphatic carboxylic acids is 1. The summed E-state index contributed by atoms with van der Waals surface area (Å²) in [5.74, 6) is 0.730. The first-order valence-electron chi connectivity index (χ1n) is 5.97. The minimum absolute atomic E-state index is 0.0795. The Kier molecular flexibility index (Phi) is 3.51. The summed E-state index contributed by atoms with van der Waals surface area (Å²) < 4.78 is 5.59. The molecular weight excluding hydrogens is 228 g/mol. The third-order valence-electron chi connectivity index (χ3n) is 2.84. The van der Waals surface area contributed by atoms with Crippen LogP contribution in [0.1, 0.15) is 31.1 Å². The highest BCUT2D eigenvalue weighted by Crippen LogP contribution is 2.30. The highest BCUT2D eigenvalue weighted by Gasteiger charge is 2.12. The summed E-state index contributed by atoms with van der Waals surface area (Å²) in [7, 11) is 0. The van der Waals surface area contributed by atoms with Gasteiger partial charge in [0.15, 0.2) is 0 Å². The van der Waals surface area contributed by atoms with Crippen molar-refractivity contribution in [2.75, 3.05) is 0 Å². The van der Waals surface area contributed by atoms with E-state index in [1.165, 1.54) is 5.56 Å². The maximum atomic E-state index is 10.6. The Labute approximate surface area is 106 Å². The van der Waals surface area contributed by atoms with Crippen LogP contribution >= 0.6 is 0 Å². The quantitative estimate of drug-likeness (QED) is 0.892. The van der Waals surface area contributed by atoms with E-state index in [0.29, 0.717) is 11.7 Å². The third-order valence-corrected chi connectivity index (χ3v) is 2.84. The second kappa shape index (κ2) is 5.08. The molecule has 1 aromatic heterocycles. The van der Waals surface area contributed by atoms with Crippen LogP contribution in [0, 0.1) is 0 Å². The molecule has 1 aromatic carbocycles. The fourth-order valence-electron chi connectivity index (χ4n) is 1.99. The molecular formula is C15H16O3. The van der Waals surface area contributed by atoms with Crippen molar-refractivity contribution in [2.45, 2.75) is 26.2 Å². The molecule has 3 heteroatoms. The zero-order chi connectivity index (χ0) is 13.1. The van der Waals surface area contributed by atoms with Gasteiger partial charge in [0, 0.05) is 5.56 Å². The summed E-state index contributed by atoms with van der Waals surface area (Å²) in [6.07, 6.45) is -0.0795. The Hall–Kier alpha value is -2.03. The summed E-state index contributed by atoms with van der Waals surface area (Å²) in [4.78, 5) is 10.6. The number of carboxylic acids is 1. The SMILES string of the molecule is CC(C)c1ccccc1-c1ccc(CC(=O)O)o1. The standard InChI is InChI=1S/C15H16O3/c1-10(2)12-5-3-4-6-13(12)14-8-7-11(18-14)9-15(16)17/h3-8,10H,9H2,1-2H3,(H,16,17). The van der Waals surface area contributed by atoms with E-state index in [4.69, 9.17) is 9.52 Å². The maximum absolute atomic E-state index is 10.6. The molecule has 0 saturated carbocycles. The van der Waals surface area contributed by atoms with E-state index >= 15 is 0 Å². The molecule has 0 spiro atoms. The monoisotopic (exact) mass is 244 g/mol. The molecule has 1 heterocycles. The topological polar surface area (TPSA) is 50.4 Å². The number of hydrogen-bond acceptors (Lipinski definition) is 2. The zero-order valence-electron chi connectivity index (χ0n) is 10.5. The van der Waals surface area contributed by atoms with Crippen molar-refractivity contribution in [3.63, 3.8) is 0 Å². The molecule has 0 amide bonds. The number of hydrogen-bond donors (Lipinski definition) is 1. The van der Waals surface area contributed by atoms with Gasteiger partial charge in [0.25, 0.3) is 0 Å². The second-order valence-electron chi connectivity index (χ2n) is 4.58. The van der Waals surface area contributed by atoms with Crippen LogP contribution in [0.4, 0.5) is 0 Å². The van der Waals surface area contributed by atoms with E-state index in [-0.39, 0.29) is 6.42 Å². The molecule has 0 unspecified atom stereocenters. The van der Waals surface area contributed by atoms with Gasteiger partial charge in [-0.3, -0.25) is 4.79 Å². The van der Waals surface area contributed by atoms with Gasteiger partial charge in [0.2, 0.25) is 0 Å². The van der Waals surface area contributed by atoms with Gasteiger partial charge in [-0.2, -0.15) is 0 Å². The van der Waals surface area contributed by atoms with Gasteiger partial charge in [-0.05, 0) is 23.6 Å². The summed E-state index contributed by atoms with van der Waals surface area (Å²) in [5, 5.41) is 8.73. The van der Waals surface area contributed by atoms with Crippen molar-refractivity contribution in [3.8, 4) is 11.3 Å². The van der Waals surface area contributed by atoms with E-state index in [0.717, 1.165) is 11.3 Å². The molecule has 0 fully saturated rings. The molecule has 3 nitrogen and oxygen atoms in total. The van der Waals surface area contributed by atoms with Crippen molar-refractivity contribution in [2.24, 2.45) is 0 Å². The average Bonchev–Trinajstić information content (AvgIpc) is 2.76. The fourth-order valence-corrected chi connectivity index (χ4v) is 1.99. The van der Waals surface area contributed by atoms with Crippen LogP contribution in [0.5, 0.6) is 0 Å². The molecule has 94 valence electrons. The molecule has 0 aliphatic carbocycles. The lowest BCUT2D eigenvalue weighted by Crippen LogP contribution is -1.98. The van der Waals surface area contributed by atoms with Crippen LogP contribution in [-0.4, -0.2) is 11.1 Å². The Morgan fingerprint density at radius 1 is 1.22 bits per heavy atom. The van der Waals surface area contributed by atoms with Crippen molar-refractivity contribution in [3.05, 3.63) is 47.7 Å². The normalized spacial score (nSPS) is 10.8. The minimum Gasteiger partial charge on any atom is -0.481 e. The van der Waals surface area contributed by atoms with Gasteiger partial charge in [-0.25, -0.2) is 0 Å². The Balaban J connectivity index is 2.37. The Morgan fingerprint density at radius 3 is 2.61 bits per heavy atom. The first-order chi connectivity index (χ1) is 8.58. The summed E-state index contributed by atoms with van der Waals surface area (Å²) in [6, 6.07) is 11.6. The Morgan fingerprint density at radius 2 is 1.94 bits per heavy atom. The average molecular weight is 244 g/mol. The van der Waals surface area contributed by atoms with E-state index in [2.05, 4.69) is 19.9 Å². The maximum Gasteiger partial charge on any atom is 0.311 e. The fraction of sp³-hybridized carbons (Fsp3) is 0.267. The molecule has 18 heavy (non-hydrogen) atoms. The lowest BCUT2D eigenvalue weighted by Gasteiger charge is -2.10. The smallest absolute Gasteiger partial charge is 0.311 e. The van der Waals surface area contributed by atoms with Crippen molar-refractivity contribution < 1.29 is 14.3 Å². The van der Waals surface area contributed by atoms with Gasteiger partial charge < -0.3 is 9.52 Å². The molecule has 0 aliphatic rings. The predicted molar refractivity (Wildman–Crippen MR) is 69.6 cm³/mol. The number of rotatable bonds is 4. The molecule has 0 atom stereocenters. The minimum atomic E-state index is -0.881. The number of carboxylic acid groups (broad SMARTS) is 1. The molecule has 1 N–H and O–H groups in total. The van der Waals surface area contributed by atoms with Gasteiger partial charge in [-0.15, -0.1) is 0 Å². The van der Waals surface area contributed by atoms with Gasteiger partial charge >= 0.3 is 5.97 Å². The van der Waals surface area contributed by atoms with Gasteiger partial charge in [0.1, 0.15) is 17.9 Å². The molecule has 0 aliphatic heterocycles. The van der Waals surface area contributed by atoms with E-state index in [9.17, 15) is 4.79 Å². The zero-order valence-corrected chi connectivity index (χ0v) is 10.5. The first-order valence-corrected chi connectivity index (χ1v) is 5.97. The lowest BCUT2D eigenvalue weighted by atomic mass is 9.96. The van der Waals surface area contributed by atoms with Crippen LogP contribution in [0.25, 0.3) is 11.3 Å². The van der Waals surface area contributed by atoms with E-state index < -0.39 is 5.97 Å². The van der Waals surface area contributed by atoms with Crippen molar-refractivity contribution >= 4 is 5.97 Å². The largest absolute Gasteiger partial charge is 0.481 e. The van der Waals surface area contributed by atoms with Gasteiger partial charge in [0.05, 0.1) is 0 Å². The molecule has 0 bridgehead atoms. The number of benzene rings is 1. The third kappa shape index (κ3) is 2.62. The molecule has 0 saturated heterocycles. The van der Waals surface area contributed by atoms with E-state index in [1.807, 2.05) is 24.3 Å². The van der Waals surface area contributed by atoms with E-state index in [1.54, 1.807) is 6.07 Å². The van der Waals surface area contributed by atoms with Crippen molar-refractivity contribution in [1.29, 1.82) is 0 Å². The number of furan rings is 1. The van der Waals surface area contributed by atoms with Gasteiger partial charge in [-0.1, -0.05) is 38.1 Å². The van der Waals surface area contributed by atoms with Crippen LogP contribution in [0.2, 0.25) is 0 Å². The highest BCUT2D eigenvalue weighted by atomic mass is 16.4. The lowest BCUT2D eigenvalue weighted by molar-refractivity contribution is -0.136. The molecule has 0 radical (unpaired) electrons. The second-order valence-corrected chi connectivity index (χ2v) is 4.58. The molecule has 2 aromatic rings. The van der Waals surface area contributed by atoms with Crippen molar-refractivity contribution in [1.82, 2.24) is 0 Å². The summed E-state index contributed by atoms with van der Waals surface area (Å²) in [6.45, 7) is 4.25. The highest BCUT2D eigenvalue weighted by molar-refractivity contribution is 5.70. The number of carbonyl (C=O) groups is 1. The van der Waals surface area contributed by atoms with Crippen LogP contribution in [0.3, 0.4) is 0 Å². The Bertz CT molecular complexity index is 552. The first kappa shape index (κ1) is 12.4. The predicted octanol–water partition coefficient (Wildman–Crippen LogP) is 3.70.